The molecule has 0 radical (unpaired) electrons. The molecule has 0 bridgehead atoms. The number of fused-ring (bicyclic) bond motifs is 1. The smallest absolute Gasteiger partial charge is 0.263 e. The molecular weight excluding hydrogens is 514 g/mol. The number of benzene rings is 4. The first-order chi connectivity index (χ1) is 17.6. The number of oxazole rings is 1. The average molecular weight is 536 g/mol. The van der Waals surface area contributed by atoms with Crippen LogP contribution in [0.15, 0.2) is 105 Å². The zero-order chi connectivity index (χ0) is 26.2. The molecule has 0 amide bonds. The van der Waals surface area contributed by atoms with E-state index >= 15 is 0 Å². The normalized spacial score (nSPS) is 11.9. The summed E-state index contributed by atoms with van der Waals surface area (Å²) in [5.74, 6) is 0.282. The van der Waals surface area contributed by atoms with Gasteiger partial charge in [0.15, 0.2) is 5.58 Å². The second-order valence-corrected chi connectivity index (χ2v) is 11.4. The first kappa shape index (κ1) is 24.2. The first-order valence-electron chi connectivity index (χ1n) is 10.9. The van der Waals surface area contributed by atoms with Crippen LogP contribution in [0.3, 0.4) is 0 Å². The number of hydrogen-bond donors (Lipinski definition) is 4. The van der Waals surface area contributed by atoms with Gasteiger partial charge in [-0.15, -0.1) is 0 Å². The van der Waals surface area contributed by atoms with E-state index in [1.165, 1.54) is 24.3 Å². The van der Waals surface area contributed by atoms with Gasteiger partial charge in [-0.05, 0) is 66.7 Å². The van der Waals surface area contributed by atoms with Crippen LogP contribution in [0.4, 0.5) is 22.7 Å². The van der Waals surface area contributed by atoms with E-state index in [2.05, 4.69) is 14.4 Å². The fraction of sp³-hybridized carbons (Fsp3) is 0. The van der Waals surface area contributed by atoms with Crippen molar-refractivity contribution < 1.29 is 21.3 Å². The maximum Gasteiger partial charge on any atom is 0.263 e. The van der Waals surface area contributed by atoms with E-state index in [9.17, 15) is 16.8 Å². The largest absolute Gasteiger partial charge is 0.436 e. The maximum absolute atomic E-state index is 12.7. The fourth-order valence-corrected chi connectivity index (χ4v) is 6.04. The molecule has 0 saturated carbocycles. The quantitative estimate of drug-likeness (QED) is 0.224. The van der Waals surface area contributed by atoms with E-state index < -0.39 is 20.0 Å². The molecule has 0 spiro atoms. The molecule has 188 valence electrons. The molecular formula is C25H21N5O5S2. The highest BCUT2D eigenvalue weighted by molar-refractivity contribution is 7.93. The van der Waals surface area contributed by atoms with Crippen LogP contribution in [0.5, 0.6) is 0 Å². The summed E-state index contributed by atoms with van der Waals surface area (Å²) in [5.41, 5.74) is 14.0. The highest BCUT2D eigenvalue weighted by Crippen LogP contribution is 2.29. The van der Waals surface area contributed by atoms with Gasteiger partial charge in [0.25, 0.3) is 20.0 Å². The highest BCUT2D eigenvalue weighted by atomic mass is 32.2. The summed E-state index contributed by atoms with van der Waals surface area (Å²) in [6.45, 7) is 0. The number of anilines is 4. The predicted octanol–water partition coefficient (Wildman–Crippen LogP) is 4.26. The van der Waals surface area contributed by atoms with E-state index in [0.29, 0.717) is 28.0 Å². The van der Waals surface area contributed by atoms with E-state index in [1.54, 1.807) is 66.7 Å². The van der Waals surface area contributed by atoms with Crippen LogP contribution in [-0.4, -0.2) is 21.8 Å². The van der Waals surface area contributed by atoms with E-state index in [0.717, 1.165) is 0 Å². The minimum absolute atomic E-state index is 0.0144. The summed E-state index contributed by atoms with van der Waals surface area (Å²) >= 11 is 0. The summed E-state index contributed by atoms with van der Waals surface area (Å²) in [4.78, 5) is 4.41. The number of nitrogen functional groups attached to an aromatic ring is 2. The van der Waals surface area contributed by atoms with E-state index in [-0.39, 0.29) is 27.1 Å². The van der Waals surface area contributed by atoms with Crippen molar-refractivity contribution >= 4 is 53.9 Å². The number of nitrogens with zero attached hydrogens (tertiary/aromatic N) is 1. The summed E-state index contributed by atoms with van der Waals surface area (Å²) < 4.78 is 61.6. The Hall–Kier alpha value is -4.55. The third-order valence-corrected chi connectivity index (χ3v) is 8.35. The fourth-order valence-electron chi connectivity index (χ4n) is 3.67. The van der Waals surface area contributed by atoms with E-state index in [1.807, 2.05) is 0 Å². The Kier molecular flexibility index (Phi) is 5.97. The highest BCUT2D eigenvalue weighted by Gasteiger charge is 2.19. The average Bonchev–Trinajstić information content (AvgIpc) is 3.28. The van der Waals surface area contributed by atoms with Crippen LogP contribution >= 0.6 is 0 Å². The van der Waals surface area contributed by atoms with Crippen molar-refractivity contribution in [3.63, 3.8) is 0 Å². The summed E-state index contributed by atoms with van der Waals surface area (Å²) in [6.07, 6.45) is 0. The molecule has 5 rings (SSSR count). The SMILES string of the molecule is Nc1ccccc1S(=O)(=O)Nc1ccc(-c2nc3cc(NS(=O)(=O)c4ccccc4N)ccc3o2)cc1. The Bertz CT molecular complexity index is 1830. The lowest BCUT2D eigenvalue weighted by Crippen LogP contribution is -2.14. The van der Waals surface area contributed by atoms with Crippen LogP contribution in [0.25, 0.3) is 22.6 Å². The Morgan fingerprint density at radius 2 is 1.16 bits per heavy atom. The van der Waals surface area contributed by atoms with Gasteiger partial charge < -0.3 is 15.9 Å². The monoisotopic (exact) mass is 535 g/mol. The first-order valence-corrected chi connectivity index (χ1v) is 13.8. The van der Waals surface area contributed by atoms with Gasteiger partial charge in [0.2, 0.25) is 5.89 Å². The lowest BCUT2D eigenvalue weighted by atomic mass is 10.2. The zero-order valence-corrected chi connectivity index (χ0v) is 20.8. The van der Waals surface area contributed by atoms with Crippen LogP contribution in [0.2, 0.25) is 0 Å². The minimum atomic E-state index is -3.90. The molecule has 0 fully saturated rings. The van der Waals surface area contributed by atoms with Gasteiger partial charge in [0.1, 0.15) is 15.3 Å². The number of aromatic nitrogens is 1. The predicted molar refractivity (Wildman–Crippen MR) is 143 cm³/mol. The molecule has 4 aromatic carbocycles. The van der Waals surface area contributed by atoms with Crippen molar-refractivity contribution in [3.8, 4) is 11.5 Å². The number of nitrogens with two attached hydrogens (primary N) is 2. The van der Waals surface area contributed by atoms with Crippen LogP contribution in [-0.2, 0) is 20.0 Å². The molecule has 0 saturated heterocycles. The Morgan fingerprint density at radius 1 is 0.649 bits per heavy atom. The molecule has 0 atom stereocenters. The second-order valence-electron chi connectivity index (χ2n) is 8.07. The Labute approximate surface area is 213 Å². The van der Waals surface area contributed by atoms with Crippen molar-refractivity contribution in [2.24, 2.45) is 0 Å². The second kappa shape index (κ2) is 9.15. The van der Waals surface area contributed by atoms with Gasteiger partial charge >= 0.3 is 0 Å². The van der Waals surface area contributed by atoms with Gasteiger partial charge in [-0.1, -0.05) is 24.3 Å². The maximum atomic E-state index is 12.7. The lowest BCUT2D eigenvalue weighted by Gasteiger charge is -2.10. The third kappa shape index (κ3) is 4.92. The van der Waals surface area contributed by atoms with Crippen molar-refractivity contribution in [2.75, 3.05) is 20.9 Å². The number of nitrogens with one attached hydrogen (secondary N) is 2. The van der Waals surface area contributed by atoms with Gasteiger partial charge in [-0.3, -0.25) is 9.44 Å². The molecule has 0 aliphatic heterocycles. The molecule has 0 aliphatic carbocycles. The number of hydrogen-bond acceptors (Lipinski definition) is 8. The van der Waals surface area contributed by atoms with Crippen molar-refractivity contribution in [2.45, 2.75) is 9.79 Å². The minimum Gasteiger partial charge on any atom is -0.436 e. The molecule has 10 nitrogen and oxygen atoms in total. The Morgan fingerprint density at radius 3 is 1.73 bits per heavy atom. The molecule has 12 heteroatoms. The molecule has 6 N–H and O–H groups in total. The third-order valence-electron chi connectivity index (χ3n) is 5.44. The molecule has 37 heavy (non-hydrogen) atoms. The topological polar surface area (TPSA) is 170 Å². The van der Waals surface area contributed by atoms with Crippen LogP contribution in [0.1, 0.15) is 0 Å². The molecule has 1 aromatic heterocycles. The van der Waals surface area contributed by atoms with E-state index in [4.69, 9.17) is 15.9 Å². The van der Waals surface area contributed by atoms with Gasteiger partial charge in [0, 0.05) is 11.3 Å². The van der Waals surface area contributed by atoms with Gasteiger partial charge in [0.05, 0.1) is 17.1 Å². The van der Waals surface area contributed by atoms with Crippen LogP contribution < -0.4 is 20.9 Å². The summed E-state index contributed by atoms with van der Waals surface area (Å²) in [6, 6.07) is 23.5. The molecule has 0 unspecified atom stereocenters. The summed E-state index contributed by atoms with van der Waals surface area (Å²) in [5, 5.41) is 0. The number of para-hydroxylation sites is 2. The van der Waals surface area contributed by atoms with Crippen LogP contribution in [0, 0.1) is 0 Å². The number of sulfonamides is 2. The van der Waals surface area contributed by atoms with Crippen molar-refractivity contribution in [3.05, 3.63) is 91.0 Å². The van der Waals surface area contributed by atoms with Gasteiger partial charge in [-0.2, -0.15) is 0 Å². The lowest BCUT2D eigenvalue weighted by molar-refractivity contribution is 0.600. The molecule has 1 heterocycles. The molecule has 0 aliphatic rings. The standard InChI is InChI=1S/C25H21N5O5S2/c26-19-5-1-3-7-23(19)36(31,32)29-17-11-9-16(10-12-17)25-28-21-15-18(13-14-22(21)35-25)30-37(33,34)24-8-4-2-6-20(24)27/h1-15,29-30H,26-27H2. The Balaban J connectivity index is 1.37. The molecule has 5 aromatic rings. The zero-order valence-electron chi connectivity index (χ0n) is 19.1. The number of rotatable bonds is 7. The van der Waals surface area contributed by atoms with Crippen molar-refractivity contribution in [1.29, 1.82) is 0 Å². The van der Waals surface area contributed by atoms with Crippen molar-refractivity contribution in [1.82, 2.24) is 4.98 Å². The summed E-state index contributed by atoms with van der Waals surface area (Å²) in [7, 11) is -7.76. The van der Waals surface area contributed by atoms with Gasteiger partial charge in [-0.25, -0.2) is 21.8 Å².